The summed E-state index contributed by atoms with van der Waals surface area (Å²) < 4.78 is 1.69. The zero-order valence-corrected chi connectivity index (χ0v) is 11.7. The molecule has 1 rings (SSSR count). The van der Waals surface area contributed by atoms with Crippen LogP contribution in [0.25, 0.3) is 0 Å². The van der Waals surface area contributed by atoms with Gasteiger partial charge in [-0.3, -0.25) is 4.79 Å². The molecule has 0 saturated heterocycles. The zero-order chi connectivity index (χ0) is 13.8. The van der Waals surface area contributed by atoms with E-state index in [4.69, 9.17) is 5.73 Å². The molecular weight excluding hydrogens is 228 g/mol. The van der Waals surface area contributed by atoms with E-state index in [1.807, 2.05) is 20.8 Å². The smallest absolute Gasteiger partial charge is 0.293 e. The summed E-state index contributed by atoms with van der Waals surface area (Å²) in [4.78, 5) is 16.4. The van der Waals surface area contributed by atoms with Crippen LogP contribution in [0.2, 0.25) is 0 Å². The Morgan fingerprint density at radius 3 is 2.67 bits per heavy atom. The van der Waals surface area contributed by atoms with Gasteiger partial charge in [-0.25, -0.2) is 4.98 Å². The second-order valence-electron chi connectivity index (χ2n) is 5.45. The van der Waals surface area contributed by atoms with E-state index in [2.05, 4.69) is 17.2 Å². The van der Waals surface area contributed by atoms with E-state index in [-0.39, 0.29) is 17.1 Å². The van der Waals surface area contributed by atoms with Gasteiger partial charge in [0.15, 0.2) is 5.82 Å². The van der Waals surface area contributed by atoms with Crippen molar-refractivity contribution in [1.82, 2.24) is 9.55 Å². The maximum Gasteiger partial charge on any atom is 0.293 e. The van der Waals surface area contributed by atoms with E-state index >= 15 is 0 Å². The highest BCUT2D eigenvalue weighted by Crippen LogP contribution is 2.11. The third kappa shape index (κ3) is 3.57. The van der Waals surface area contributed by atoms with E-state index in [9.17, 15) is 4.79 Å². The lowest BCUT2D eigenvalue weighted by molar-refractivity contribution is 0.383. The number of aromatic nitrogens is 2. The Bertz CT molecular complexity index is 433. The molecule has 0 radical (unpaired) electrons. The molecule has 0 aliphatic carbocycles. The van der Waals surface area contributed by atoms with Gasteiger partial charge in [0.1, 0.15) is 0 Å². The first-order chi connectivity index (χ1) is 8.40. The van der Waals surface area contributed by atoms with Crippen LogP contribution in [-0.4, -0.2) is 22.1 Å². The molecule has 1 unspecified atom stereocenters. The molecule has 1 aromatic heterocycles. The Labute approximate surface area is 108 Å². The summed E-state index contributed by atoms with van der Waals surface area (Å²) in [6.07, 6.45) is 5.13. The molecule has 0 aliphatic rings. The summed E-state index contributed by atoms with van der Waals surface area (Å²) in [6.45, 7) is 8.66. The number of nitrogens with zero attached hydrogens (tertiary/aromatic N) is 2. The van der Waals surface area contributed by atoms with E-state index in [1.165, 1.54) is 0 Å². The van der Waals surface area contributed by atoms with Crippen LogP contribution in [0.15, 0.2) is 17.2 Å². The third-order valence-electron chi connectivity index (χ3n) is 2.91. The second kappa shape index (κ2) is 6.00. The minimum Gasteiger partial charge on any atom is -0.363 e. The monoisotopic (exact) mass is 252 g/mol. The van der Waals surface area contributed by atoms with Gasteiger partial charge in [0, 0.05) is 24.0 Å². The minimum atomic E-state index is -0.244. The first-order valence-electron chi connectivity index (χ1n) is 6.45. The van der Waals surface area contributed by atoms with Gasteiger partial charge in [0.2, 0.25) is 0 Å². The number of anilines is 1. The summed E-state index contributed by atoms with van der Waals surface area (Å²) in [6, 6.07) is 0.200. The molecule has 18 heavy (non-hydrogen) atoms. The molecule has 0 amide bonds. The Hall–Kier alpha value is -1.36. The minimum absolute atomic E-state index is 0.0829. The molecule has 1 aromatic rings. The summed E-state index contributed by atoms with van der Waals surface area (Å²) in [5.74, 6) is 0.410. The van der Waals surface area contributed by atoms with Crippen molar-refractivity contribution >= 4 is 5.82 Å². The van der Waals surface area contributed by atoms with Crippen LogP contribution in [0.4, 0.5) is 5.82 Å². The van der Waals surface area contributed by atoms with Crippen LogP contribution >= 0.6 is 0 Å². The van der Waals surface area contributed by atoms with Gasteiger partial charge in [-0.15, -0.1) is 0 Å². The van der Waals surface area contributed by atoms with Crippen molar-refractivity contribution in [2.24, 2.45) is 5.73 Å². The average molecular weight is 252 g/mol. The molecule has 0 aromatic carbocycles. The van der Waals surface area contributed by atoms with E-state index < -0.39 is 0 Å². The van der Waals surface area contributed by atoms with Crippen LogP contribution in [0.5, 0.6) is 0 Å². The second-order valence-corrected chi connectivity index (χ2v) is 5.45. The average Bonchev–Trinajstić information content (AvgIpc) is 2.29. The highest BCUT2D eigenvalue weighted by atomic mass is 16.1. The van der Waals surface area contributed by atoms with Gasteiger partial charge in [-0.2, -0.15) is 0 Å². The van der Waals surface area contributed by atoms with Crippen molar-refractivity contribution in [3.8, 4) is 0 Å². The van der Waals surface area contributed by atoms with Crippen LogP contribution in [0.1, 0.15) is 40.5 Å². The molecule has 5 nitrogen and oxygen atoms in total. The first kappa shape index (κ1) is 14.7. The molecule has 0 saturated carbocycles. The Kier molecular flexibility index (Phi) is 4.90. The molecule has 0 aliphatic heterocycles. The Balaban J connectivity index is 3.01. The quantitative estimate of drug-likeness (QED) is 0.833. The summed E-state index contributed by atoms with van der Waals surface area (Å²) >= 11 is 0. The van der Waals surface area contributed by atoms with Crippen LogP contribution in [0.3, 0.4) is 0 Å². The first-order valence-corrected chi connectivity index (χ1v) is 6.45. The molecule has 1 atom stereocenters. The Morgan fingerprint density at radius 2 is 2.17 bits per heavy atom. The lowest BCUT2D eigenvalue weighted by Gasteiger charge is -2.23. The molecule has 0 fully saturated rings. The zero-order valence-electron chi connectivity index (χ0n) is 11.7. The molecule has 0 bridgehead atoms. The highest BCUT2D eigenvalue weighted by molar-refractivity contribution is 5.32. The molecule has 3 N–H and O–H groups in total. The van der Waals surface area contributed by atoms with E-state index in [0.29, 0.717) is 12.4 Å². The van der Waals surface area contributed by atoms with Gasteiger partial charge in [0.05, 0.1) is 0 Å². The lowest BCUT2D eigenvalue weighted by atomic mass is 10.1. The standard InChI is InChI=1S/C13H24N4O/c1-5-10(6-7-14)16-11-12(18)17(9-8-15-11)13(2,3)4/h8-10H,5-7,14H2,1-4H3,(H,15,16). The molecule has 0 spiro atoms. The predicted octanol–water partition coefficient (Wildman–Crippen LogP) is 1.54. The van der Waals surface area contributed by atoms with Crippen molar-refractivity contribution in [3.05, 3.63) is 22.7 Å². The fourth-order valence-electron chi connectivity index (χ4n) is 1.81. The normalized spacial score (nSPS) is 13.4. The van der Waals surface area contributed by atoms with Gasteiger partial charge in [-0.05, 0) is 40.2 Å². The number of rotatable bonds is 5. The topological polar surface area (TPSA) is 72.9 Å². The summed E-state index contributed by atoms with van der Waals surface area (Å²) in [7, 11) is 0. The van der Waals surface area contributed by atoms with Crippen molar-refractivity contribution in [1.29, 1.82) is 0 Å². The number of nitrogens with two attached hydrogens (primary N) is 1. The van der Waals surface area contributed by atoms with Gasteiger partial charge in [0.25, 0.3) is 5.56 Å². The number of hydrogen-bond acceptors (Lipinski definition) is 4. The van der Waals surface area contributed by atoms with E-state index in [0.717, 1.165) is 12.8 Å². The molecule has 102 valence electrons. The van der Waals surface area contributed by atoms with Gasteiger partial charge < -0.3 is 15.6 Å². The van der Waals surface area contributed by atoms with Crippen LogP contribution < -0.4 is 16.6 Å². The summed E-state index contributed by atoms with van der Waals surface area (Å²) in [5, 5.41) is 3.19. The van der Waals surface area contributed by atoms with E-state index in [1.54, 1.807) is 17.0 Å². The fraction of sp³-hybridized carbons (Fsp3) is 0.692. The third-order valence-corrected chi connectivity index (χ3v) is 2.91. The van der Waals surface area contributed by atoms with Crippen LogP contribution in [-0.2, 0) is 5.54 Å². The maximum absolute atomic E-state index is 12.3. The number of hydrogen-bond donors (Lipinski definition) is 2. The largest absolute Gasteiger partial charge is 0.363 e. The molecule has 1 heterocycles. The van der Waals surface area contributed by atoms with Crippen molar-refractivity contribution in [2.75, 3.05) is 11.9 Å². The maximum atomic E-state index is 12.3. The molecular formula is C13H24N4O. The molecule has 5 heteroatoms. The highest BCUT2D eigenvalue weighted by Gasteiger charge is 2.17. The van der Waals surface area contributed by atoms with Crippen LogP contribution in [0, 0.1) is 0 Å². The van der Waals surface area contributed by atoms with Crippen molar-refractivity contribution in [2.45, 2.75) is 52.1 Å². The Morgan fingerprint density at radius 1 is 1.50 bits per heavy atom. The number of nitrogens with one attached hydrogen (secondary N) is 1. The van der Waals surface area contributed by atoms with Crippen molar-refractivity contribution < 1.29 is 0 Å². The van der Waals surface area contributed by atoms with Gasteiger partial charge >= 0.3 is 0 Å². The SMILES string of the molecule is CCC(CCN)Nc1nccn(C(C)(C)C)c1=O. The van der Waals surface area contributed by atoms with Gasteiger partial charge in [-0.1, -0.05) is 6.92 Å². The lowest BCUT2D eigenvalue weighted by Crippen LogP contribution is -2.36. The fourth-order valence-corrected chi connectivity index (χ4v) is 1.81. The summed E-state index contributed by atoms with van der Waals surface area (Å²) in [5.41, 5.74) is 5.23. The predicted molar refractivity (Wildman–Crippen MR) is 74.9 cm³/mol. The van der Waals surface area contributed by atoms with Crippen molar-refractivity contribution in [3.63, 3.8) is 0 Å².